The molecule has 152 valence electrons. The summed E-state index contributed by atoms with van der Waals surface area (Å²) in [6, 6.07) is 28.5. The highest BCUT2D eigenvalue weighted by Gasteiger charge is 2.08. The number of anilines is 1. The van der Waals surface area contributed by atoms with Crippen LogP contribution in [0.2, 0.25) is 0 Å². The van der Waals surface area contributed by atoms with Crippen molar-refractivity contribution in [2.45, 2.75) is 11.8 Å². The van der Waals surface area contributed by atoms with Crippen molar-refractivity contribution in [1.29, 1.82) is 0 Å². The Kier molecular flexibility index (Phi) is 5.18. The zero-order valence-corrected chi connectivity index (χ0v) is 17.9. The number of nitrogens with one attached hydrogen (secondary N) is 2. The standard InChI is InChI=1S/C26H21N3OS/c1-17-6-12-22(13-7-17)31-16-25(30)27-21-10-8-18(9-11-21)26-28-23-14-19-4-2-3-5-20(19)15-24(23)29-26/h2-15H,16H2,1H3,(H,27,30)(H,28,29). The first-order valence-corrected chi connectivity index (χ1v) is 11.1. The van der Waals surface area contributed by atoms with Crippen LogP contribution in [0.3, 0.4) is 0 Å². The molecule has 0 unspecified atom stereocenters. The van der Waals surface area contributed by atoms with Gasteiger partial charge in [-0.15, -0.1) is 11.8 Å². The number of hydrogen-bond donors (Lipinski definition) is 2. The van der Waals surface area contributed by atoms with Crippen LogP contribution in [0, 0.1) is 6.92 Å². The summed E-state index contributed by atoms with van der Waals surface area (Å²) in [5, 5.41) is 5.32. The molecule has 0 fully saturated rings. The van der Waals surface area contributed by atoms with E-state index in [9.17, 15) is 4.79 Å². The van der Waals surface area contributed by atoms with Gasteiger partial charge in [0.2, 0.25) is 5.91 Å². The fourth-order valence-electron chi connectivity index (χ4n) is 3.53. The fraction of sp³-hybridized carbons (Fsp3) is 0.0769. The van der Waals surface area contributed by atoms with Crippen LogP contribution in [0.15, 0.2) is 89.8 Å². The zero-order valence-electron chi connectivity index (χ0n) is 17.1. The molecule has 0 aliphatic rings. The van der Waals surface area contributed by atoms with Crippen LogP contribution in [0.5, 0.6) is 0 Å². The molecular weight excluding hydrogens is 402 g/mol. The molecule has 0 saturated carbocycles. The molecular formula is C26H21N3OS. The predicted octanol–water partition coefficient (Wildman–Crippen LogP) is 6.42. The molecule has 4 nitrogen and oxygen atoms in total. The Bertz CT molecular complexity index is 1320. The van der Waals surface area contributed by atoms with Crippen LogP contribution in [0.25, 0.3) is 33.2 Å². The topological polar surface area (TPSA) is 57.8 Å². The molecule has 0 aliphatic carbocycles. The Morgan fingerprint density at radius 2 is 1.65 bits per heavy atom. The Morgan fingerprint density at radius 3 is 2.39 bits per heavy atom. The van der Waals surface area contributed by atoms with Crippen molar-refractivity contribution < 1.29 is 4.79 Å². The average molecular weight is 424 g/mol. The molecule has 0 radical (unpaired) electrons. The third-order valence-corrected chi connectivity index (χ3v) is 6.19. The number of carbonyl (C=O) groups excluding carboxylic acids is 1. The second kappa shape index (κ2) is 8.28. The molecule has 4 aromatic carbocycles. The second-order valence-corrected chi connectivity index (χ2v) is 8.58. The lowest BCUT2D eigenvalue weighted by Crippen LogP contribution is -2.13. The van der Waals surface area contributed by atoms with Gasteiger partial charge in [-0.05, 0) is 66.2 Å². The van der Waals surface area contributed by atoms with Gasteiger partial charge in [0.15, 0.2) is 0 Å². The number of hydrogen-bond acceptors (Lipinski definition) is 3. The van der Waals surface area contributed by atoms with Crippen molar-refractivity contribution in [1.82, 2.24) is 9.97 Å². The molecule has 31 heavy (non-hydrogen) atoms. The lowest BCUT2D eigenvalue weighted by atomic mass is 10.1. The van der Waals surface area contributed by atoms with Gasteiger partial charge >= 0.3 is 0 Å². The first-order chi connectivity index (χ1) is 15.1. The predicted molar refractivity (Wildman–Crippen MR) is 130 cm³/mol. The van der Waals surface area contributed by atoms with Crippen LogP contribution in [-0.2, 0) is 4.79 Å². The maximum absolute atomic E-state index is 12.3. The van der Waals surface area contributed by atoms with Gasteiger partial charge in [-0.2, -0.15) is 0 Å². The molecule has 5 aromatic rings. The summed E-state index contributed by atoms with van der Waals surface area (Å²) in [7, 11) is 0. The first kappa shape index (κ1) is 19.4. The number of carbonyl (C=O) groups is 1. The SMILES string of the molecule is Cc1ccc(SCC(=O)Nc2ccc(-c3nc4cc5ccccc5cc4[nH]3)cc2)cc1. The van der Waals surface area contributed by atoms with Gasteiger partial charge < -0.3 is 10.3 Å². The smallest absolute Gasteiger partial charge is 0.234 e. The van der Waals surface area contributed by atoms with Crippen molar-refractivity contribution in [3.05, 3.63) is 90.5 Å². The molecule has 0 atom stereocenters. The van der Waals surface area contributed by atoms with Gasteiger partial charge in [-0.1, -0.05) is 42.0 Å². The van der Waals surface area contributed by atoms with Crippen molar-refractivity contribution in [2.24, 2.45) is 0 Å². The molecule has 0 aliphatic heterocycles. The lowest BCUT2D eigenvalue weighted by molar-refractivity contribution is -0.113. The normalized spacial score (nSPS) is 11.1. The van der Waals surface area contributed by atoms with Crippen LogP contribution in [-0.4, -0.2) is 21.6 Å². The largest absolute Gasteiger partial charge is 0.338 e. The van der Waals surface area contributed by atoms with Crippen LogP contribution in [0.1, 0.15) is 5.56 Å². The number of amides is 1. The highest BCUT2D eigenvalue weighted by Crippen LogP contribution is 2.26. The van der Waals surface area contributed by atoms with Gasteiger partial charge in [0, 0.05) is 16.1 Å². The van der Waals surface area contributed by atoms with E-state index < -0.39 is 0 Å². The minimum Gasteiger partial charge on any atom is -0.338 e. The third-order valence-electron chi connectivity index (χ3n) is 5.18. The van der Waals surface area contributed by atoms with Gasteiger partial charge in [-0.3, -0.25) is 4.79 Å². The van der Waals surface area contributed by atoms with Crippen molar-refractivity contribution in [2.75, 3.05) is 11.1 Å². The monoisotopic (exact) mass is 423 g/mol. The van der Waals surface area contributed by atoms with E-state index in [2.05, 4.69) is 53.6 Å². The third kappa shape index (κ3) is 4.32. The number of rotatable bonds is 5. The molecule has 0 spiro atoms. The maximum Gasteiger partial charge on any atom is 0.234 e. The second-order valence-electron chi connectivity index (χ2n) is 7.53. The Morgan fingerprint density at radius 1 is 0.935 bits per heavy atom. The van der Waals surface area contributed by atoms with E-state index >= 15 is 0 Å². The van der Waals surface area contributed by atoms with E-state index in [1.165, 1.54) is 28.1 Å². The van der Waals surface area contributed by atoms with Crippen LogP contribution < -0.4 is 5.32 Å². The Balaban J connectivity index is 1.27. The summed E-state index contributed by atoms with van der Waals surface area (Å²) >= 11 is 1.53. The number of aromatic nitrogens is 2. The number of benzene rings is 4. The molecule has 0 saturated heterocycles. The molecule has 1 heterocycles. The summed E-state index contributed by atoms with van der Waals surface area (Å²) in [5.74, 6) is 1.17. The van der Waals surface area contributed by atoms with Crippen molar-refractivity contribution in [3.63, 3.8) is 0 Å². The molecule has 2 N–H and O–H groups in total. The average Bonchev–Trinajstić information content (AvgIpc) is 3.20. The van der Waals surface area contributed by atoms with E-state index in [4.69, 9.17) is 4.98 Å². The Hall–Kier alpha value is -3.57. The number of nitrogens with zero attached hydrogens (tertiary/aromatic N) is 1. The Labute approximate surface area is 184 Å². The van der Waals surface area contributed by atoms with E-state index in [0.717, 1.165) is 33.0 Å². The van der Waals surface area contributed by atoms with Crippen LogP contribution in [0.4, 0.5) is 5.69 Å². The van der Waals surface area contributed by atoms with E-state index in [1.807, 2.05) is 48.5 Å². The van der Waals surface area contributed by atoms with Gasteiger partial charge in [-0.25, -0.2) is 4.98 Å². The number of aryl methyl sites for hydroxylation is 1. The number of fused-ring (bicyclic) bond motifs is 2. The number of thioether (sulfide) groups is 1. The summed E-state index contributed by atoms with van der Waals surface area (Å²) in [6.45, 7) is 2.05. The lowest BCUT2D eigenvalue weighted by Gasteiger charge is -2.06. The zero-order chi connectivity index (χ0) is 21.2. The molecule has 0 bridgehead atoms. The van der Waals surface area contributed by atoms with Crippen molar-refractivity contribution >= 4 is 45.2 Å². The van der Waals surface area contributed by atoms with Crippen molar-refractivity contribution in [3.8, 4) is 11.4 Å². The first-order valence-electron chi connectivity index (χ1n) is 10.1. The van der Waals surface area contributed by atoms with Gasteiger partial charge in [0.1, 0.15) is 5.82 Å². The molecule has 5 rings (SSSR count). The minimum atomic E-state index is -0.0197. The molecule has 5 heteroatoms. The van der Waals surface area contributed by atoms with Gasteiger partial charge in [0.25, 0.3) is 0 Å². The number of aromatic amines is 1. The summed E-state index contributed by atoms with van der Waals surface area (Å²) in [4.78, 5) is 21.5. The highest BCUT2D eigenvalue weighted by molar-refractivity contribution is 8.00. The van der Waals surface area contributed by atoms with E-state index in [0.29, 0.717) is 5.75 Å². The van der Waals surface area contributed by atoms with Crippen LogP contribution >= 0.6 is 11.8 Å². The summed E-state index contributed by atoms with van der Waals surface area (Å²) < 4.78 is 0. The highest BCUT2D eigenvalue weighted by atomic mass is 32.2. The summed E-state index contributed by atoms with van der Waals surface area (Å²) in [6.07, 6.45) is 0. The van der Waals surface area contributed by atoms with Gasteiger partial charge in [0.05, 0.1) is 16.8 Å². The number of H-pyrrole nitrogens is 1. The summed E-state index contributed by atoms with van der Waals surface area (Å²) in [5.41, 5.74) is 4.93. The molecule has 1 amide bonds. The quantitative estimate of drug-likeness (QED) is 0.321. The fourth-order valence-corrected chi connectivity index (χ4v) is 4.22. The van der Waals surface area contributed by atoms with E-state index in [1.54, 1.807) is 0 Å². The number of imidazole rings is 1. The molecule has 1 aromatic heterocycles. The minimum absolute atomic E-state index is 0.0197. The maximum atomic E-state index is 12.3. The van der Waals surface area contributed by atoms with E-state index in [-0.39, 0.29) is 5.91 Å².